The molecule has 13 heavy (non-hydrogen) atoms. The molecule has 2 heteroatoms. The number of terminal acetylenes is 1. The molecule has 0 aromatic carbocycles. The molecule has 0 saturated heterocycles. The highest BCUT2D eigenvalue weighted by molar-refractivity contribution is 4.87. The van der Waals surface area contributed by atoms with Gasteiger partial charge in [-0.1, -0.05) is 19.3 Å². The molecule has 1 saturated carbocycles. The number of rotatable bonds is 6. The third kappa shape index (κ3) is 3.80. The van der Waals surface area contributed by atoms with E-state index in [9.17, 15) is 0 Å². The van der Waals surface area contributed by atoms with Gasteiger partial charge in [0.05, 0.1) is 6.54 Å². The van der Waals surface area contributed by atoms with Crippen molar-refractivity contribution >= 4 is 0 Å². The largest absolute Gasteiger partial charge is 0.315 e. The average Bonchev–Trinajstić information content (AvgIpc) is 2.08. The van der Waals surface area contributed by atoms with Gasteiger partial charge in [-0.25, -0.2) is 0 Å². The smallest absolute Gasteiger partial charge is 0.0574 e. The maximum absolute atomic E-state index is 5.11. The van der Waals surface area contributed by atoms with Crippen molar-refractivity contribution in [2.45, 2.75) is 26.2 Å². The Morgan fingerprint density at radius 2 is 2.00 bits per heavy atom. The Hall–Kier alpha value is -0.520. The van der Waals surface area contributed by atoms with Gasteiger partial charge in [-0.05, 0) is 18.3 Å². The summed E-state index contributed by atoms with van der Waals surface area (Å²) in [5.74, 6) is 2.56. The van der Waals surface area contributed by atoms with Crippen molar-refractivity contribution in [2.24, 2.45) is 5.41 Å². The molecular formula is C11H20N2. The van der Waals surface area contributed by atoms with E-state index in [2.05, 4.69) is 23.5 Å². The highest BCUT2D eigenvalue weighted by atomic mass is 14.9. The third-order valence-corrected chi connectivity index (χ3v) is 2.82. The van der Waals surface area contributed by atoms with Crippen LogP contribution < -0.4 is 10.6 Å². The lowest BCUT2D eigenvalue weighted by Gasteiger charge is -2.38. The minimum absolute atomic E-state index is 0.589. The summed E-state index contributed by atoms with van der Waals surface area (Å²) in [6, 6.07) is 0. The van der Waals surface area contributed by atoms with E-state index < -0.39 is 0 Å². The minimum atomic E-state index is 0.589. The molecule has 1 aliphatic carbocycles. The predicted molar refractivity (Wildman–Crippen MR) is 56.5 cm³/mol. The zero-order valence-electron chi connectivity index (χ0n) is 8.53. The fourth-order valence-electron chi connectivity index (χ4n) is 1.68. The van der Waals surface area contributed by atoms with Crippen LogP contribution in [0.4, 0.5) is 0 Å². The van der Waals surface area contributed by atoms with Gasteiger partial charge in [-0.15, -0.1) is 6.42 Å². The van der Waals surface area contributed by atoms with Gasteiger partial charge in [0.15, 0.2) is 0 Å². The van der Waals surface area contributed by atoms with E-state index in [0.29, 0.717) is 12.0 Å². The highest BCUT2D eigenvalue weighted by Gasteiger charge is 2.30. The molecule has 1 fully saturated rings. The third-order valence-electron chi connectivity index (χ3n) is 2.82. The first-order valence-electron chi connectivity index (χ1n) is 5.12. The summed E-state index contributed by atoms with van der Waals surface area (Å²) in [7, 11) is 0. The zero-order chi connectivity index (χ0) is 9.57. The monoisotopic (exact) mass is 180 g/mol. The fraction of sp³-hybridized carbons (Fsp3) is 0.818. The molecule has 1 aliphatic rings. The molecule has 2 nitrogen and oxygen atoms in total. The lowest BCUT2D eigenvalue weighted by Crippen LogP contribution is -2.39. The van der Waals surface area contributed by atoms with Crippen molar-refractivity contribution in [3.8, 4) is 12.3 Å². The second-order valence-corrected chi connectivity index (χ2v) is 4.22. The second-order valence-electron chi connectivity index (χ2n) is 4.22. The van der Waals surface area contributed by atoms with Crippen LogP contribution in [-0.2, 0) is 0 Å². The van der Waals surface area contributed by atoms with Gasteiger partial charge in [0, 0.05) is 19.6 Å². The summed E-state index contributed by atoms with van der Waals surface area (Å²) in [4.78, 5) is 0. The molecule has 0 aromatic rings. The number of hydrogen-bond donors (Lipinski definition) is 2. The van der Waals surface area contributed by atoms with Gasteiger partial charge in [0.2, 0.25) is 0 Å². The molecule has 74 valence electrons. The first kappa shape index (κ1) is 10.6. The molecule has 1 rings (SSSR count). The van der Waals surface area contributed by atoms with Gasteiger partial charge >= 0.3 is 0 Å². The Bertz CT molecular complexity index is 177. The van der Waals surface area contributed by atoms with E-state index in [0.717, 1.165) is 19.6 Å². The average molecular weight is 180 g/mol. The van der Waals surface area contributed by atoms with Crippen LogP contribution in [0.5, 0.6) is 0 Å². The zero-order valence-corrected chi connectivity index (χ0v) is 8.53. The summed E-state index contributed by atoms with van der Waals surface area (Å²) < 4.78 is 0. The lowest BCUT2D eigenvalue weighted by atomic mass is 9.70. The normalized spacial score (nSPS) is 19.1. The van der Waals surface area contributed by atoms with Crippen molar-refractivity contribution in [1.82, 2.24) is 10.6 Å². The predicted octanol–water partition coefficient (Wildman–Crippen LogP) is 0.989. The van der Waals surface area contributed by atoms with Crippen molar-refractivity contribution in [1.29, 1.82) is 0 Å². The first-order chi connectivity index (χ1) is 6.27. The molecular weight excluding hydrogens is 160 g/mol. The van der Waals surface area contributed by atoms with Gasteiger partial charge < -0.3 is 10.6 Å². The van der Waals surface area contributed by atoms with Crippen LogP contribution in [0.3, 0.4) is 0 Å². The van der Waals surface area contributed by atoms with E-state index in [-0.39, 0.29) is 0 Å². The van der Waals surface area contributed by atoms with Crippen LogP contribution in [0, 0.1) is 17.8 Å². The van der Waals surface area contributed by atoms with E-state index in [1.807, 2.05) is 0 Å². The molecule has 0 radical (unpaired) electrons. The molecule has 0 aromatic heterocycles. The van der Waals surface area contributed by atoms with Crippen LogP contribution in [-0.4, -0.2) is 26.2 Å². The standard InChI is InChI=1S/C11H20N2/c1-3-7-12-8-9-13-10-11(2)5-4-6-11/h1,12-13H,4-10H2,2H3. The van der Waals surface area contributed by atoms with Crippen LogP contribution in [0.2, 0.25) is 0 Å². The highest BCUT2D eigenvalue weighted by Crippen LogP contribution is 2.39. The Balaban J connectivity index is 1.87. The van der Waals surface area contributed by atoms with Crippen molar-refractivity contribution in [3.05, 3.63) is 0 Å². The maximum atomic E-state index is 5.11. The SMILES string of the molecule is C#CCNCCNCC1(C)CCC1. The topological polar surface area (TPSA) is 24.1 Å². The molecule has 2 N–H and O–H groups in total. The van der Waals surface area contributed by atoms with Crippen LogP contribution in [0.1, 0.15) is 26.2 Å². The summed E-state index contributed by atoms with van der Waals surface area (Å²) >= 11 is 0. The summed E-state index contributed by atoms with van der Waals surface area (Å²) in [6.45, 7) is 6.19. The Morgan fingerprint density at radius 3 is 2.54 bits per heavy atom. The molecule has 0 aliphatic heterocycles. The van der Waals surface area contributed by atoms with Crippen LogP contribution >= 0.6 is 0 Å². The number of hydrogen-bond acceptors (Lipinski definition) is 2. The van der Waals surface area contributed by atoms with Gasteiger partial charge in [0.1, 0.15) is 0 Å². The second kappa shape index (κ2) is 5.26. The molecule has 0 unspecified atom stereocenters. The van der Waals surface area contributed by atoms with E-state index in [4.69, 9.17) is 6.42 Å². The van der Waals surface area contributed by atoms with Crippen molar-refractivity contribution in [2.75, 3.05) is 26.2 Å². The minimum Gasteiger partial charge on any atom is -0.315 e. The Kier molecular flexibility index (Phi) is 4.27. The van der Waals surface area contributed by atoms with Crippen LogP contribution in [0.15, 0.2) is 0 Å². The van der Waals surface area contributed by atoms with Crippen molar-refractivity contribution < 1.29 is 0 Å². The molecule has 0 amide bonds. The summed E-state index contributed by atoms with van der Waals surface area (Å²) in [6.07, 6.45) is 9.29. The van der Waals surface area contributed by atoms with E-state index in [1.54, 1.807) is 0 Å². The van der Waals surface area contributed by atoms with Crippen LogP contribution in [0.25, 0.3) is 0 Å². The van der Waals surface area contributed by atoms with Crippen molar-refractivity contribution in [3.63, 3.8) is 0 Å². The molecule has 0 bridgehead atoms. The van der Waals surface area contributed by atoms with E-state index >= 15 is 0 Å². The summed E-state index contributed by atoms with van der Waals surface area (Å²) in [5.41, 5.74) is 0.589. The molecule has 0 heterocycles. The molecule has 0 spiro atoms. The quantitative estimate of drug-likeness (QED) is 0.470. The van der Waals surface area contributed by atoms with E-state index in [1.165, 1.54) is 19.3 Å². The first-order valence-corrected chi connectivity index (χ1v) is 5.12. The number of nitrogens with one attached hydrogen (secondary N) is 2. The fourth-order valence-corrected chi connectivity index (χ4v) is 1.68. The molecule has 0 atom stereocenters. The van der Waals surface area contributed by atoms with Gasteiger partial charge in [-0.2, -0.15) is 0 Å². The Morgan fingerprint density at radius 1 is 1.31 bits per heavy atom. The van der Waals surface area contributed by atoms with Gasteiger partial charge in [0.25, 0.3) is 0 Å². The summed E-state index contributed by atoms with van der Waals surface area (Å²) in [5, 5.41) is 6.61. The lowest BCUT2D eigenvalue weighted by molar-refractivity contribution is 0.157. The Labute approximate surface area is 81.5 Å². The van der Waals surface area contributed by atoms with Gasteiger partial charge in [-0.3, -0.25) is 0 Å². The maximum Gasteiger partial charge on any atom is 0.0574 e.